The highest BCUT2D eigenvalue weighted by Crippen LogP contribution is 2.30. The van der Waals surface area contributed by atoms with Gasteiger partial charge in [0.2, 0.25) is 0 Å². The molecule has 1 aliphatic carbocycles. The Morgan fingerprint density at radius 3 is 2.75 bits per heavy atom. The number of likely N-dealkylation sites (tertiary alicyclic amines) is 1. The van der Waals surface area contributed by atoms with E-state index in [1.165, 1.54) is 0 Å². The molecule has 1 aliphatic heterocycles. The second-order valence-electron chi connectivity index (χ2n) is 9.85. The lowest BCUT2D eigenvalue weighted by atomic mass is 10.1. The fourth-order valence-electron chi connectivity index (χ4n) is 5.13. The van der Waals surface area contributed by atoms with Gasteiger partial charge in [-0.3, -0.25) is 9.48 Å². The first kappa shape index (κ1) is 25.2. The summed E-state index contributed by atoms with van der Waals surface area (Å²) in [6.07, 6.45) is 8.79. The number of rotatable bonds is 7. The lowest BCUT2D eigenvalue weighted by Gasteiger charge is -2.28. The monoisotopic (exact) mass is 600 g/mol. The minimum absolute atomic E-state index is 0.0137. The largest absolute Gasteiger partial charge is 0.383 e. The summed E-state index contributed by atoms with van der Waals surface area (Å²) < 4.78 is 9.14. The smallest absolute Gasteiger partial charge is 0.255 e. The predicted octanol–water partition coefficient (Wildman–Crippen LogP) is 4.27. The van der Waals surface area contributed by atoms with Crippen LogP contribution in [0.15, 0.2) is 48.8 Å². The van der Waals surface area contributed by atoms with Crippen LogP contribution >= 0.6 is 22.6 Å². The number of nitrogens with one attached hydrogen (secondary N) is 1. The number of amides is 1. The summed E-state index contributed by atoms with van der Waals surface area (Å²) in [5.74, 6) is 0.0218. The molecule has 3 N–H and O–H groups in total. The number of nitrogen functional groups attached to an aromatic ring is 1. The molecule has 1 saturated heterocycles. The van der Waals surface area contributed by atoms with E-state index in [1.807, 2.05) is 24.3 Å². The zero-order chi connectivity index (χ0) is 25.1. The zero-order valence-corrected chi connectivity index (χ0v) is 22.7. The van der Waals surface area contributed by atoms with Gasteiger partial charge in [-0.1, -0.05) is 30.3 Å². The van der Waals surface area contributed by atoms with E-state index < -0.39 is 0 Å². The van der Waals surface area contributed by atoms with Crippen molar-refractivity contribution in [3.8, 4) is 11.1 Å². The SMILES string of the molecule is CN1CCC(n2cc(-c3cnc(N)c(C(=O)N[C@H]4CCC[C@@H]4OCc4ccccc4)c3)c(I)n2)CC1. The van der Waals surface area contributed by atoms with E-state index in [0.29, 0.717) is 18.2 Å². The van der Waals surface area contributed by atoms with Gasteiger partial charge >= 0.3 is 0 Å². The van der Waals surface area contributed by atoms with E-state index in [1.54, 1.807) is 6.20 Å². The van der Waals surface area contributed by atoms with Gasteiger partial charge in [0, 0.05) is 23.5 Å². The number of pyridine rings is 1. The molecule has 1 saturated carbocycles. The molecule has 0 radical (unpaired) electrons. The van der Waals surface area contributed by atoms with Crippen molar-refractivity contribution in [3.05, 3.63) is 63.6 Å². The van der Waals surface area contributed by atoms with Crippen LogP contribution < -0.4 is 11.1 Å². The number of hydrogen-bond donors (Lipinski definition) is 2. The van der Waals surface area contributed by atoms with Crippen molar-refractivity contribution in [1.29, 1.82) is 0 Å². The number of anilines is 1. The highest BCUT2D eigenvalue weighted by Gasteiger charge is 2.30. The van der Waals surface area contributed by atoms with Crippen LogP contribution in [0.25, 0.3) is 11.1 Å². The summed E-state index contributed by atoms with van der Waals surface area (Å²) >= 11 is 2.26. The van der Waals surface area contributed by atoms with Crippen LogP contribution in [0.1, 0.15) is 54.1 Å². The number of ether oxygens (including phenoxy) is 1. The van der Waals surface area contributed by atoms with Gasteiger partial charge < -0.3 is 20.7 Å². The van der Waals surface area contributed by atoms with Gasteiger partial charge in [-0.2, -0.15) is 5.10 Å². The van der Waals surface area contributed by atoms with Crippen molar-refractivity contribution in [2.45, 2.75) is 56.9 Å². The Morgan fingerprint density at radius 1 is 1.19 bits per heavy atom. The van der Waals surface area contributed by atoms with Gasteiger partial charge in [-0.05, 0) is 86.5 Å². The van der Waals surface area contributed by atoms with Gasteiger partial charge in [0.15, 0.2) is 0 Å². The fourth-order valence-corrected chi connectivity index (χ4v) is 5.83. The average molecular weight is 601 g/mol. The number of benzene rings is 1. The number of carbonyl (C=O) groups excluding carboxylic acids is 1. The third-order valence-electron chi connectivity index (χ3n) is 7.30. The molecule has 1 aromatic carbocycles. The molecule has 9 heteroatoms. The number of hydrogen-bond acceptors (Lipinski definition) is 6. The molecule has 36 heavy (non-hydrogen) atoms. The highest BCUT2D eigenvalue weighted by atomic mass is 127. The van der Waals surface area contributed by atoms with E-state index in [-0.39, 0.29) is 23.9 Å². The van der Waals surface area contributed by atoms with E-state index in [4.69, 9.17) is 15.6 Å². The topological polar surface area (TPSA) is 98.3 Å². The van der Waals surface area contributed by atoms with Gasteiger partial charge in [-0.25, -0.2) is 4.98 Å². The molecule has 3 aromatic rings. The first-order valence-corrected chi connectivity index (χ1v) is 13.7. The van der Waals surface area contributed by atoms with Crippen molar-refractivity contribution < 1.29 is 9.53 Å². The van der Waals surface area contributed by atoms with E-state index in [2.05, 4.69) is 67.9 Å². The second-order valence-corrected chi connectivity index (χ2v) is 10.9. The van der Waals surface area contributed by atoms with Crippen LogP contribution in [0.4, 0.5) is 5.82 Å². The van der Waals surface area contributed by atoms with Crippen molar-refractivity contribution >= 4 is 34.3 Å². The maximum atomic E-state index is 13.3. The third-order valence-corrected chi connectivity index (χ3v) is 8.10. The van der Waals surface area contributed by atoms with E-state index in [0.717, 1.165) is 65.6 Å². The predicted molar refractivity (Wildman–Crippen MR) is 148 cm³/mol. The maximum absolute atomic E-state index is 13.3. The number of halogens is 1. The Bertz CT molecular complexity index is 1190. The lowest BCUT2D eigenvalue weighted by Crippen LogP contribution is -2.41. The standard InChI is InChI=1S/C27H33IN6O2/c1-33-12-10-20(11-13-33)34-16-22(25(28)32-34)19-14-21(26(29)30-15-19)27(35)31-23-8-5-9-24(23)36-17-18-6-3-2-4-7-18/h2-4,6-7,14-16,20,23-24H,5,8-13,17H2,1H3,(H2,29,30)(H,31,35)/t23-,24-/m0/s1. The second kappa shape index (κ2) is 11.3. The van der Waals surface area contributed by atoms with Crippen molar-refractivity contribution in [1.82, 2.24) is 25.0 Å². The average Bonchev–Trinajstić information content (AvgIpc) is 3.50. The highest BCUT2D eigenvalue weighted by molar-refractivity contribution is 14.1. The van der Waals surface area contributed by atoms with Crippen molar-refractivity contribution in [3.63, 3.8) is 0 Å². The number of nitrogens with two attached hydrogens (primary N) is 1. The van der Waals surface area contributed by atoms with Gasteiger partial charge in [0.25, 0.3) is 5.91 Å². The summed E-state index contributed by atoms with van der Waals surface area (Å²) in [4.78, 5) is 20.0. The molecule has 1 amide bonds. The summed E-state index contributed by atoms with van der Waals surface area (Å²) in [6, 6.07) is 12.3. The molecule has 2 aromatic heterocycles. The Morgan fingerprint density at radius 2 is 1.97 bits per heavy atom. The number of piperidine rings is 1. The van der Waals surface area contributed by atoms with Crippen LogP contribution in [-0.4, -0.2) is 57.9 Å². The summed E-state index contributed by atoms with van der Waals surface area (Å²) in [6.45, 7) is 2.68. The van der Waals surface area contributed by atoms with Crippen LogP contribution in [0, 0.1) is 3.70 Å². The summed E-state index contributed by atoms with van der Waals surface area (Å²) in [5, 5.41) is 7.95. The Hall–Kier alpha value is -2.50. The summed E-state index contributed by atoms with van der Waals surface area (Å²) in [7, 11) is 2.16. The van der Waals surface area contributed by atoms with Crippen LogP contribution in [0.5, 0.6) is 0 Å². The maximum Gasteiger partial charge on any atom is 0.255 e. The molecule has 8 nitrogen and oxygen atoms in total. The minimum Gasteiger partial charge on any atom is -0.383 e. The molecule has 190 valence electrons. The molecule has 0 unspecified atom stereocenters. The zero-order valence-electron chi connectivity index (χ0n) is 20.6. The van der Waals surface area contributed by atoms with Crippen LogP contribution in [0.2, 0.25) is 0 Å². The molecule has 2 fully saturated rings. The third kappa shape index (κ3) is 5.73. The molecule has 0 spiro atoms. The Balaban J connectivity index is 1.28. The summed E-state index contributed by atoms with van der Waals surface area (Å²) in [5.41, 5.74) is 9.50. The normalized spacial score (nSPS) is 21.1. The molecule has 2 aliphatic rings. The van der Waals surface area contributed by atoms with Crippen molar-refractivity contribution in [2.24, 2.45) is 0 Å². The van der Waals surface area contributed by atoms with Gasteiger partial charge in [-0.15, -0.1) is 0 Å². The first-order valence-electron chi connectivity index (χ1n) is 12.6. The van der Waals surface area contributed by atoms with E-state index in [9.17, 15) is 4.79 Å². The molecular formula is C27H33IN6O2. The van der Waals surface area contributed by atoms with E-state index >= 15 is 0 Å². The van der Waals surface area contributed by atoms with Gasteiger partial charge in [0.1, 0.15) is 9.52 Å². The Labute approximate surface area is 225 Å². The quantitative estimate of drug-likeness (QED) is 0.394. The minimum atomic E-state index is -0.209. The van der Waals surface area contributed by atoms with Crippen LogP contribution in [0.3, 0.4) is 0 Å². The first-order chi connectivity index (χ1) is 17.5. The Kier molecular flexibility index (Phi) is 7.87. The van der Waals surface area contributed by atoms with Crippen LogP contribution in [-0.2, 0) is 11.3 Å². The van der Waals surface area contributed by atoms with Crippen molar-refractivity contribution in [2.75, 3.05) is 25.9 Å². The number of carbonyl (C=O) groups is 1. The molecular weight excluding hydrogens is 567 g/mol. The van der Waals surface area contributed by atoms with Gasteiger partial charge in [0.05, 0.1) is 30.4 Å². The molecule has 5 rings (SSSR count). The fraction of sp³-hybridized carbons (Fsp3) is 0.444. The molecule has 2 atom stereocenters. The molecule has 0 bridgehead atoms. The number of nitrogens with zero attached hydrogens (tertiary/aromatic N) is 4. The number of aromatic nitrogens is 3. The lowest BCUT2D eigenvalue weighted by molar-refractivity contribution is 0.0272. The molecule has 3 heterocycles.